The van der Waals surface area contributed by atoms with E-state index in [1.807, 2.05) is 0 Å². The van der Waals surface area contributed by atoms with Crippen LogP contribution in [0.3, 0.4) is 0 Å². The fraction of sp³-hybridized carbons (Fsp3) is 0.333. The number of benzene rings is 2. The van der Waals surface area contributed by atoms with Gasteiger partial charge in [0.15, 0.2) is 11.5 Å². The summed E-state index contributed by atoms with van der Waals surface area (Å²) in [5.41, 5.74) is 0.162. The molecule has 32 heavy (non-hydrogen) atoms. The number of phenolic OH excluding ortho intramolecular Hbond substituents is 4. The standard InChI is InChI=1S/C21H24O11/c22-8-14-16(27)18(29)19(30)21(31-14)32-20-13(26)7-12(25)15(17(20)28)11(24)6-3-9-1-4-10(23)5-2-9/h1-7,11,14,16,18-19,21-30H,8H2/b6-3+. The van der Waals surface area contributed by atoms with Crippen LogP contribution in [0.15, 0.2) is 36.4 Å². The predicted molar refractivity (Wildman–Crippen MR) is 108 cm³/mol. The zero-order chi connectivity index (χ0) is 23.6. The molecule has 6 atom stereocenters. The van der Waals surface area contributed by atoms with Crippen molar-refractivity contribution < 1.29 is 55.4 Å². The summed E-state index contributed by atoms with van der Waals surface area (Å²) in [5, 5.41) is 89.6. The Labute approximate surface area is 181 Å². The average Bonchev–Trinajstić information content (AvgIpc) is 2.75. The molecule has 0 aromatic heterocycles. The molecule has 1 aliphatic rings. The lowest BCUT2D eigenvalue weighted by molar-refractivity contribution is -0.277. The van der Waals surface area contributed by atoms with Gasteiger partial charge in [0.05, 0.1) is 12.2 Å². The second-order valence-corrected chi connectivity index (χ2v) is 7.22. The van der Waals surface area contributed by atoms with Crippen LogP contribution in [0, 0.1) is 0 Å². The maximum Gasteiger partial charge on any atom is 0.229 e. The van der Waals surface area contributed by atoms with Crippen LogP contribution in [0.2, 0.25) is 0 Å². The predicted octanol–water partition coefficient (Wildman–Crippen LogP) is -0.566. The van der Waals surface area contributed by atoms with Crippen LogP contribution in [0.5, 0.6) is 28.7 Å². The zero-order valence-corrected chi connectivity index (χ0v) is 16.6. The second-order valence-electron chi connectivity index (χ2n) is 7.22. The van der Waals surface area contributed by atoms with Gasteiger partial charge in [0, 0.05) is 6.07 Å². The molecule has 11 nitrogen and oxygen atoms in total. The molecule has 0 aliphatic carbocycles. The van der Waals surface area contributed by atoms with Crippen molar-refractivity contribution in [1.29, 1.82) is 0 Å². The van der Waals surface area contributed by atoms with Gasteiger partial charge in [-0.3, -0.25) is 0 Å². The third-order valence-electron chi connectivity index (χ3n) is 4.99. The highest BCUT2D eigenvalue weighted by Crippen LogP contribution is 2.47. The molecule has 2 aromatic rings. The van der Waals surface area contributed by atoms with Crippen molar-refractivity contribution in [2.45, 2.75) is 36.8 Å². The molecule has 1 heterocycles. The SMILES string of the molecule is OCC1OC(Oc2c(O)cc(O)c(C(O)/C=C/c3ccc(O)cc3)c2O)C(O)C(O)C1O. The fourth-order valence-corrected chi connectivity index (χ4v) is 3.21. The summed E-state index contributed by atoms with van der Waals surface area (Å²) in [5.74, 6) is -2.94. The van der Waals surface area contributed by atoms with E-state index >= 15 is 0 Å². The third-order valence-corrected chi connectivity index (χ3v) is 4.99. The topological polar surface area (TPSA) is 201 Å². The minimum atomic E-state index is -1.82. The van der Waals surface area contributed by atoms with Crippen molar-refractivity contribution in [2.75, 3.05) is 6.61 Å². The molecular formula is C21H24O11. The van der Waals surface area contributed by atoms with Crippen molar-refractivity contribution in [3.63, 3.8) is 0 Å². The Morgan fingerprint density at radius 2 is 1.59 bits per heavy atom. The molecule has 0 amide bonds. The van der Waals surface area contributed by atoms with Crippen LogP contribution in [-0.4, -0.2) is 83.3 Å². The third kappa shape index (κ3) is 4.72. The summed E-state index contributed by atoms with van der Waals surface area (Å²) < 4.78 is 10.4. The molecule has 2 aromatic carbocycles. The maximum absolute atomic E-state index is 10.5. The molecule has 11 heteroatoms. The van der Waals surface area contributed by atoms with E-state index in [0.717, 1.165) is 6.07 Å². The van der Waals surface area contributed by atoms with Gasteiger partial charge in [0.25, 0.3) is 0 Å². The molecule has 9 N–H and O–H groups in total. The molecule has 3 rings (SSSR count). The van der Waals surface area contributed by atoms with Gasteiger partial charge < -0.3 is 55.4 Å². The fourth-order valence-electron chi connectivity index (χ4n) is 3.21. The lowest BCUT2D eigenvalue weighted by Crippen LogP contribution is -2.60. The molecule has 1 aliphatic heterocycles. The van der Waals surface area contributed by atoms with E-state index in [9.17, 15) is 46.0 Å². The quantitative estimate of drug-likeness (QED) is 0.272. The van der Waals surface area contributed by atoms with E-state index in [0.29, 0.717) is 5.56 Å². The van der Waals surface area contributed by atoms with Crippen LogP contribution < -0.4 is 4.74 Å². The number of rotatable bonds is 6. The molecule has 1 saturated heterocycles. The van der Waals surface area contributed by atoms with E-state index in [1.54, 1.807) is 12.1 Å². The van der Waals surface area contributed by atoms with Gasteiger partial charge in [-0.15, -0.1) is 0 Å². The van der Waals surface area contributed by atoms with E-state index in [4.69, 9.17) is 9.47 Å². The Kier molecular flexibility index (Phi) is 7.09. The first-order valence-electron chi connectivity index (χ1n) is 9.54. The molecule has 0 radical (unpaired) electrons. The Bertz CT molecular complexity index is 957. The maximum atomic E-state index is 10.5. The molecule has 0 bridgehead atoms. The number of phenols is 4. The number of ether oxygens (including phenoxy) is 2. The molecule has 0 saturated carbocycles. The second kappa shape index (κ2) is 9.61. The number of hydrogen-bond acceptors (Lipinski definition) is 11. The molecule has 174 valence electrons. The largest absolute Gasteiger partial charge is 0.508 e. The summed E-state index contributed by atoms with van der Waals surface area (Å²) in [6, 6.07) is 6.75. The normalized spacial score (nSPS) is 26.8. The highest BCUT2D eigenvalue weighted by Gasteiger charge is 2.45. The van der Waals surface area contributed by atoms with Crippen LogP contribution in [0.25, 0.3) is 6.08 Å². The average molecular weight is 452 g/mol. The summed E-state index contributed by atoms with van der Waals surface area (Å²) in [6.07, 6.45) is -7.12. The monoisotopic (exact) mass is 452 g/mol. The number of aliphatic hydroxyl groups excluding tert-OH is 5. The van der Waals surface area contributed by atoms with Crippen LogP contribution in [-0.2, 0) is 4.74 Å². The first kappa shape index (κ1) is 23.6. The van der Waals surface area contributed by atoms with Crippen molar-refractivity contribution in [1.82, 2.24) is 0 Å². The first-order chi connectivity index (χ1) is 15.1. The summed E-state index contributed by atoms with van der Waals surface area (Å²) in [4.78, 5) is 0. The van der Waals surface area contributed by atoms with Crippen LogP contribution in [0.1, 0.15) is 17.2 Å². The van der Waals surface area contributed by atoms with E-state index in [-0.39, 0.29) is 5.75 Å². The van der Waals surface area contributed by atoms with Gasteiger partial charge in [-0.1, -0.05) is 24.3 Å². The lowest BCUT2D eigenvalue weighted by atomic mass is 9.99. The van der Waals surface area contributed by atoms with Gasteiger partial charge in [-0.05, 0) is 17.7 Å². The number of aromatic hydroxyl groups is 4. The van der Waals surface area contributed by atoms with E-state index in [2.05, 4.69) is 0 Å². The molecular weight excluding hydrogens is 428 g/mol. The van der Waals surface area contributed by atoms with E-state index < -0.39 is 72.0 Å². The molecule has 1 fully saturated rings. The van der Waals surface area contributed by atoms with Gasteiger partial charge in [-0.2, -0.15) is 0 Å². The smallest absolute Gasteiger partial charge is 0.229 e. The highest BCUT2D eigenvalue weighted by atomic mass is 16.7. The van der Waals surface area contributed by atoms with Crippen LogP contribution in [0.4, 0.5) is 0 Å². The number of aliphatic hydroxyl groups is 5. The summed E-state index contributed by atoms with van der Waals surface area (Å²) in [6.45, 7) is -0.718. The van der Waals surface area contributed by atoms with Gasteiger partial charge in [-0.25, -0.2) is 0 Å². The molecule has 6 unspecified atom stereocenters. The Hall–Kier alpha value is -3.06. The minimum absolute atomic E-state index is 0.0477. The molecule has 0 spiro atoms. The summed E-state index contributed by atoms with van der Waals surface area (Å²) >= 11 is 0. The minimum Gasteiger partial charge on any atom is -0.508 e. The Balaban J connectivity index is 1.88. The number of hydrogen-bond donors (Lipinski definition) is 9. The Morgan fingerprint density at radius 1 is 0.938 bits per heavy atom. The van der Waals surface area contributed by atoms with Crippen LogP contribution >= 0.6 is 0 Å². The van der Waals surface area contributed by atoms with E-state index in [1.165, 1.54) is 24.3 Å². The van der Waals surface area contributed by atoms with Gasteiger partial charge in [0.2, 0.25) is 12.0 Å². The summed E-state index contributed by atoms with van der Waals surface area (Å²) in [7, 11) is 0. The first-order valence-corrected chi connectivity index (χ1v) is 9.54. The zero-order valence-electron chi connectivity index (χ0n) is 16.6. The van der Waals surface area contributed by atoms with Gasteiger partial charge in [0.1, 0.15) is 42.0 Å². The van der Waals surface area contributed by atoms with Crippen molar-refractivity contribution in [2.24, 2.45) is 0 Å². The lowest BCUT2D eigenvalue weighted by Gasteiger charge is -2.39. The van der Waals surface area contributed by atoms with Crippen molar-refractivity contribution in [3.8, 4) is 28.7 Å². The Morgan fingerprint density at radius 3 is 2.22 bits per heavy atom. The van der Waals surface area contributed by atoms with Crippen molar-refractivity contribution in [3.05, 3.63) is 47.5 Å². The van der Waals surface area contributed by atoms with Gasteiger partial charge >= 0.3 is 0 Å². The highest BCUT2D eigenvalue weighted by molar-refractivity contribution is 5.62. The van der Waals surface area contributed by atoms with Crippen molar-refractivity contribution >= 4 is 6.08 Å².